The lowest BCUT2D eigenvalue weighted by atomic mass is 10.3. The first-order valence-corrected chi connectivity index (χ1v) is 6.15. The summed E-state index contributed by atoms with van der Waals surface area (Å²) >= 11 is 4.11. The standard InChI is InChI=1S/C10H7BrFN3OS/c11-6-2-1-5(3-7(6)12)15-9(16)8-4-14-10(13)17-8/h1-4H,(H2,13,14)(H,15,16). The Morgan fingerprint density at radius 3 is 2.88 bits per heavy atom. The molecule has 0 fully saturated rings. The quantitative estimate of drug-likeness (QED) is 0.895. The summed E-state index contributed by atoms with van der Waals surface area (Å²) in [5, 5.41) is 2.87. The number of halogens is 2. The van der Waals surface area contributed by atoms with Crippen LogP contribution in [0.3, 0.4) is 0 Å². The van der Waals surface area contributed by atoms with Crippen LogP contribution in [0.5, 0.6) is 0 Å². The Balaban J connectivity index is 2.15. The van der Waals surface area contributed by atoms with Crippen molar-refractivity contribution >= 4 is 44.0 Å². The van der Waals surface area contributed by atoms with Gasteiger partial charge in [0.05, 0.1) is 10.7 Å². The molecular formula is C10H7BrFN3OS. The molecule has 0 aliphatic carbocycles. The predicted molar refractivity (Wildman–Crippen MR) is 68.6 cm³/mol. The van der Waals surface area contributed by atoms with Crippen molar-refractivity contribution in [2.45, 2.75) is 0 Å². The molecule has 0 saturated carbocycles. The number of aromatic nitrogens is 1. The molecule has 0 radical (unpaired) electrons. The molecule has 88 valence electrons. The summed E-state index contributed by atoms with van der Waals surface area (Å²) in [4.78, 5) is 15.8. The highest BCUT2D eigenvalue weighted by atomic mass is 79.9. The van der Waals surface area contributed by atoms with Crippen LogP contribution in [-0.4, -0.2) is 10.9 Å². The van der Waals surface area contributed by atoms with Crippen molar-refractivity contribution in [3.05, 3.63) is 39.6 Å². The largest absolute Gasteiger partial charge is 0.375 e. The van der Waals surface area contributed by atoms with Gasteiger partial charge in [0, 0.05) is 5.69 Å². The normalized spacial score (nSPS) is 10.2. The van der Waals surface area contributed by atoms with Gasteiger partial charge < -0.3 is 11.1 Å². The highest BCUT2D eigenvalue weighted by Crippen LogP contribution is 2.21. The third-order valence-electron chi connectivity index (χ3n) is 1.92. The molecule has 0 aliphatic heterocycles. The second kappa shape index (κ2) is 4.80. The van der Waals surface area contributed by atoms with Gasteiger partial charge >= 0.3 is 0 Å². The van der Waals surface area contributed by atoms with Gasteiger partial charge in [0.1, 0.15) is 10.7 Å². The zero-order valence-corrected chi connectivity index (χ0v) is 10.8. The fraction of sp³-hybridized carbons (Fsp3) is 0. The summed E-state index contributed by atoms with van der Waals surface area (Å²) in [6.07, 6.45) is 1.38. The first-order valence-electron chi connectivity index (χ1n) is 4.54. The van der Waals surface area contributed by atoms with Crippen LogP contribution in [0.4, 0.5) is 15.2 Å². The molecule has 0 aliphatic rings. The minimum atomic E-state index is -0.438. The van der Waals surface area contributed by atoms with E-state index in [2.05, 4.69) is 26.2 Å². The Bertz CT molecular complexity index is 572. The monoisotopic (exact) mass is 315 g/mol. The minimum Gasteiger partial charge on any atom is -0.375 e. The van der Waals surface area contributed by atoms with E-state index in [1.165, 1.54) is 18.3 Å². The maximum Gasteiger partial charge on any atom is 0.267 e. The average Bonchev–Trinajstić information content (AvgIpc) is 2.70. The molecule has 4 nitrogen and oxygen atoms in total. The summed E-state index contributed by atoms with van der Waals surface area (Å²) in [7, 11) is 0. The number of rotatable bonds is 2. The van der Waals surface area contributed by atoms with Crippen LogP contribution in [0, 0.1) is 5.82 Å². The van der Waals surface area contributed by atoms with Crippen molar-refractivity contribution in [1.82, 2.24) is 4.98 Å². The molecule has 0 saturated heterocycles. The van der Waals surface area contributed by atoms with Gasteiger partial charge in [-0.25, -0.2) is 9.37 Å². The van der Waals surface area contributed by atoms with Crippen LogP contribution in [0.2, 0.25) is 0 Å². The molecule has 0 unspecified atom stereocenters. The lowest BCUT2D eigenvalue weighted by molar-refractivity contribution is 0.103. The Morgan fingerprint density at radius 2 is 2.29 bits per heavy atom. The number of nitrogens with two attached hydrogens (primary N) is 1. The van der Waals surface area contributed by atoms with Gasteiger partial charge in [-0.15, -0.1) is 0 Å². The molecule has 2 rings (SSSR count). The van der Waals surface area contributed by atoms with E-state index < -0.39 is 5.82 Å². The van der Waals surface area contributed by atoms with E-state index in [0.29, 0.717) is 20.2 Å². The van der Waals surface area contributed by atoms with Crippen LogP contribution in [0.25, 0.3) is 0 Å². The number of nitrogen functional groups attached to an aromatic ring is 1. The number of carbonyl (C=O) groups excluding carboxylic acids is 1. The fourth-order valence-corrected chi connectivity index (χ4v) is 1.99. The Morgan fingerprint density at radius 1 is 1.53 bits per heavy atom. The van der Waals surface area contributed by atoms with E-state index in [1.54, 1.807) is 6.07 Å². The maximum atomic E-state index is 13.2. The van der Waals surface area contributed by atoms with Crippen molar-refractivity contribution in [2.24, 2.45) is 0 Å². The van der Waals surface area contributed by atoms with Crippen molar-refractivity contribution in [2.75, 3.05) is 11.1 Å². The van der Waals surface area contributed by atoms with Gasteiger partial charge in [-0.1, -0.05) is 11.3 Å². The van der Waals surface area contributed by atoms with Crippen molar-refractivity contribution in [3.63, 3.8) is 0 Å². The molecule has 1 heterocycles. The van der Waals surface area contributed by atoms with Gasteiger partial charge in [-0.05, 0) is 34.1 Å². The van der Waals surface area contributed by atoms with E-state index in [4.69, 9.17) is 5.73 Å². The molecule has 0 bridgehead atoms. The zero-order chi connectivity index (χ0) is 12.4. The van der Waals surface area contributed by atoms with Crippen LogP contribution < -0.4 is 11.1 Å². The summed E-state index contributed by atoms with van der Waals surface area (Å²) in [5.74, 6) is -0.799. The molecule has 1 amide bonds. The van der Waals surface area contributed by atoms with Gasteiger partial charge in [0.2, 0.25) is 0 Å². The number of benzene rings is 1. The van der Waals surface area contributed by atoms with Gasteiger partial charge in [0.15, 0.2) is 5.13 Å². The molecule has 2 aromatic rings. The number of anilines is 2. The van der Waals surface area contributed by atoms with Crippen molar-refractivity contribution in [3.8, 4) is 0 Å². The first kappa shape index (κ1) is 12.0. The topological polar surface area (TPSA) is 68.0 Å². The summed E-state index contributed by atoms with van der Waals surface area (Å²) in [6, 6.07) is 4.34. The lowest BCUT2D eigenvalue weighted by Gasteiger charge is -2.03. The third kappa shape index (κ3) is 2.80. The molecule has 3 N–H and O–H groups in total. The fourth-order valence-electron chi connectivity index (χ4n) is 1.16. The second-order valence-electron chi connectivity index (χ2n) is 3.15. The van der Waals surface area contributed by atoms with E-state index in [-0.39, 0.29) is 5.91 Å². The van der Waals surface area contributed by atoms with Crippen LogP contribution in [0.15, 0.2) is 28.9 Å². The highest BCUT2D eigenvalue weighted by molar-refractivity contribution is 9.10. The molecular weight excluding hydrogens is 309 g/mol. The van der Waals surface area contributed by atoms with E-state index >= 15 is 0 Å². The molecule has 17 heavy (non-hydrogen) atoms. The number of hydrogen-bond donors (Lipinski definition) is 2. The first-order chi connectivity index (χ1) is 8.06. The zero-order valence-electron chi connectivity index (χ0n) is 8.41. The van der Waals surface area contributed by atoms with Crippen LogP contribution in [-0.2, 0) is 0 Å². The molecule has 0 spiro atoms. The van der Waals surface area contributed by atoms with Crippen LogP contribution >= 0.6 is 27.3 Å². The minimum absolute atomic E-state index is 0.317. The summed E-state index contributed by atoms with van der Waals surface area (Å²) in [6.45, 7) is 0. The Labute approximate surface area is 109 Å². The number of hydrogen-bond acceptors (Lipinski definition) is 4. The van der Waals surface area contributed by atoms with Gasteiger partial charge in [-0.2, -0.15) is 0 Å². The average molecular weight is 316 g/mol. The molecule has 7 heteroatoms. The number of nitrogens with zero attached hydrogens (tertiary/aromatic N) is 1. The second-order valence-corrected chi connectivity index (χ2v) is 5.06. The molecule has 1 aromatic carbocycles. The number of nitrogens with one attached hydrogen (secondary N) is 1. The van der Waals surface area contributed by atoms with E-state index in [1.807, 2.05) is 0 Å². The molecule has 1 aromatic heterocycles. The van der Waals surface area contributed by atoms with Crippen molar-refractivity contribution in [1.29, 1.82) is 0 Å². The smallest absolute Gasteiger partial charge is 0.267 e. The number of thiazole rings is 1. The Kier molecular flexibility index (Phi) is 3.39. The van der Waals surface area contributed by atoms with E-state index in [9.17, 15) is 9.18 Å². The third-order valence-corrected chi connectivity index (χ3v) is 3.39. The van der Waals surface area contributed by atoms with Crippen molar-refractivity contribution < 1.29 is 9.18 Å². The SMILES string of the molecule is Nc1ncc(C(=O)Nc2ccc(Br)c(F)c2)s1. The number of amides is 1. The molecule has 0 atom stereocenters. The number of carbonyl (C=O) groups is 1. The summed E-state index contributed by atoms with van der Waals surface area (Å²) < 4.78 is 13.6. The summed E-state index contributed by atoms with van der Waals surface area (Å²) in [5.41, 5.74) is 5.79. The highest BCUT2D eigenvalue weighted by Gasteiger charge is 2.10. The van der Waals surface area contributed by atoms with E-state index in [0.717, 1.165) is 11.3 Å². The lowest BCUT2D eigenvalue weighted by Crippen LogP contribution is -2.10. The van der Waals surface area contributed by atoms with Gasteiger partial charge in [0.25, 0.3) is 5.91 Å². The Hall–Kier alpha value is -1.47. The van der Waals surface area contributed by atoms with Crippen LogP contribution in [0.1, 0.15) is 9.67 Å². The maximum absolute atomic E-state index is 13.2. The van der Waals surface area contributed by atoms with Gasteiger partial charge in [-0.3, -0.25) is 4.79 Å². The predicted octanol–water partition coefficient (Wildman–Crippen LogP) is 2.88.